The molecule has 0 heterocycles. The number of rotatable bonds is 6. The summed E-state index contributed by atoms with van der Waals surface area (Å²) in [7, 11) is -1.30. The van der Waals surface area contributed by atoms with Crippen molar-refractivity contribution in [2.45, 2.75) is 19.8 Å². The molecule has 0 aromatic rings. The lowest BCUT2D eigenvalue weighted by Crippen LogP contribution is -2.34. The van der Waals surface area contributed by atoms with Gasteiger partial charge in [-0.2, -0.15) is 0 Å². The molecule has 0 unspecified atom stereocenters. The van der Waals surface area contributed by atoms with Gasteiger partial charge in [0.25, 0.3) is 0 Å². The fourth-order valence-corrected chi connectivity index (χ4v) is 2.17. The summed E-state index contributed by atoms with van der Waals surface area (Å²) in [6.07, 6.45) is 2.28. The van der Waals surface area contributed by atoms with E-state index < -0.39 is 10.0 Å². The second-order valence-corrected chi connectivity index (χ2v) is 5.98. The standard InChI is InChI=1S/C8H18N2O2S/c1-8(3-4-8)7-10-13(11,12)6-5-9-2/h9-10H,3-7H2,1-2H3. The highest BCUT2D eigenvalue weighted by Crippen LogP contribution is 2.44. The van der Waals surface area contributed by atoms with Gasteiger partial charge in [-0.15, -0.1) is 0 Å². The van der Waals surface area contributed by atoms with E-state index in [-0.39, 0.29) is 11.2 Å². The molecule has 5 heteroatoms. The van der Waals surface area contributed by atoms with Crippen LogP contribution in [0.4, 0.5) is 0 Å². The van der Waals surface area contributed by atoms with Gasteiger partial charge in [-0.25, -0.2) is 13.1 Å². The number of nitrogens with one attached hydrogen (secondary N) is 2. The van der Waals surface area contributed by atoms with Crippen molar-refractivity contribution in [3.05, 3.63) is 0 Å². The zero-order valence-corrected chi connectivity index (χ0v) is 9.08. The molecule has 0 aliphatic heterocycles. The van der Waals surface area contributed by atoms with Gasteiger partial charge in [-0.05, 0) is 25.3 Å². The van der Waals surface area contributed by atoms with Crippen molar-refractivity contribution in [3.8, 4) is 0 Å². The van der Waals surface area contributed by atoms with Gasteiger partial charge in [0.2, 0.25) is 10.0 Å². The summed E-state index contributed by atoms with van der Waals surface area (Å²) in [5.41, 5.74) is 0.243. The first-order chi connectivity index (χ1) is 5.97. The van der Waals surface area contributed by atoms with Crippen LogP contribution in [0.15, 0.2) is 0 Å². The van der Waals surface area contributed by atoms with Crippen LogP contribution in [-0.2, 0) is 10.0 Å². The first-order valence-corrected chi connectivity index (χ1v) is 6.25. The minimum Gasteiger partial charge on any atom is -0.319 e. The van der Waals surface area contributed by atoms with Crippen LogP contribution >= 0.6 is 0 Å². The number of hydrogen-bond acceptors (Lipinski definition) is 3. The Morgan fingerprint density at radius 3 is 2.46 bits per heavy atom. The minimum absolute atomic E-state index is 0.166. The van der Waals surface area contributed by atoms with Crippen LogP contribution in [0.5, 0.6) is 0 Å². The van der Waals surface area contributed by atoms with E-state index in [2.05, 4.69) is 17.0 Å². The first kappa shape index (κ1) is 10.9. The molecule has 1 fully saturated rings. The third-order valence-electron chi connectivity index (χ3n) is 2.44. The second-order valence-electron chi connectivity index (χ2n) is 4.05. The smallest absolute Gasteiger partial charge is 0.212 e. The lowest BCUT2D eigenvalue weighted by atomic mass is 10.2. The molecule has 0 radical (unpaired) electrons. The first-order valence-electron chi connectivity index (χ1n) is 4.59. The van der Waals surface area contributed by atoms with Crippen LogP contribution in [-0.4, -0.2) is 34.3 Å². The molecular formula is C8H18N2O2S. The van der Waals surface area contributed by atoms with Gasteiger partial charge in [-0.3, -0.25) is 0 Å². The molecule has 0 saturated heterocycles. The van der Waals surface area contributed by atoms with Gasteiger partial charge in [0.05, 0.1) is 5.75 Å². The van der Waals surface area contributed by atoms with E-state index in [4.69, 9.17) is 0 Å². The third-order valence-corrected chi connectivity index (χ3v) is 3.77. The SMILES string of the molecule is CNCCS(=O)(=O)NCC1(C)CC1. The van der Waals surface area contributed by atoms with Crippen molar-refractivity contribution in [1.29, 1.82) is 0 Å². The summed E-state index contributed by atoms with van der Waals surface area (Å²) in [4.78, 5) is 0. The van der Waals surface area contributed by atoms with Crippen molar-refractivity contribution >= 4 is 10.0 Å². The van der Waals surface area contributed by atoms with Crippen LogP contribution in [0.25, 0.3) is 0 Å². The molecule has 1 aliphatic carbocycles. The van der Waals surface area contributed by atoms with Crippen molar-refractivity contribution in [2.24, 2.45) is 5.41 Å². The van der Waals surface area contributed by atoms with Crippen LogP contribution in [0.3, 0.4) is 0 Å². The predicted molar refractivity (Wildman–Crippen MR) is 53.1 cm³/mol. The second kappa shape index (κ2) is 3.94. The maximum atomic E-state index is 11.3. The van der Waals surface area contributed by atoms with Crippen molar-refractivity contribution in [1.82, 2.24) is 10.0 Å². The van der Waals surface area contributed by atoms with E-state index in [1.807, 2.05) is 0 Å². The Morgan fingerprint density at radius 2 is 2.00 bits per heavy atom. The predicted octanol–water partition coefficient (Wildman–Crippen LogP) is -0.0747. The maximum Gasteiger partial charge on any atom is 0.212 e. The van der Waals surface area contributed by atoms with Gasteiger partial charge >= 0.3 is 0 Å². The number of hydrogen-bond donors (Lipinski definition) is 2. The molecule has 0 aromatic heterocycles. The number of sulfonamides is 1. The Hall–Kier alpha value is -0.130. The Bertz CT molecular complexity index is 257. The van der Waals surface area contributed by atoms with E-state index in [1.54, 1.807) is 7.05 Å². The molecule has 1 aliphatic rings. The normalized spacial score (nSPS) is 20.2. The molecule has 13 heavy (non-hydrogen) atoms. The Balaban J connectivity index is 2.25. The summed E-state index contributed by atoms with van der Waals surface area (Å²) >= 11 is 0. The van der Waals surface area contributed by atoms with E-state index in [1.165, 1.54) is 0 Å². The quantitative estimate of drug-likeness (QED) is 0.639. The molecule has 2 N–H and O–H groups in total. The van der Waals surface area contributed by atoms with Crippen LogP contribution < -0.4 is 10.0 Å². The maximum absolute atomic E-state index is 11.3. The molecule has 0 bridgehead atoms. The molecule has 0 amide bonds. The fraction of sp³-hybridized carbons (Fsp3) is 1.00. The molecule has 1 saturated carbocycles. The zero-order valence-electron chi connectivity index (χ0n) is 8.26. The highest BCUT2D eigenvalue weighted by molar-refractivity contribution is 7.89. The van der Waals surface area contributed by atoms with Gasteiger partial charge in [0.15, 0.2) is 0 Å². The summed E-state index contributed by atoms with van der Waals surface area (Å²) in [6.45, 7) is 3.21. The molecule has 0 aromatic carbocycles. The average molecular weight is 206 g/mol. The van der Waals surface area contributed by atoms with E-state index >= 15 is 0 Å². The highest BCUT2D eigenvalue weighted by atomic mass is 32.2. The van der Waals surface area contributed by atoms with Crippen LogP contribution in [0, 0.1) is 5.41 Å². The van der Waals surface area contributed by atoms with Crippen molar-refractivity contribution in [2.75, 3.05) is 25.9 Å². The highest BCUT2D eigenvalue weighted by Gasteiger charge is 2.37. The van der Waals surface area contributed by atoms with Gasteiger partial charge in [-0.1, -0.05) is 6.92 Å². The molecule has 0 atom stereocenters. The summed E-state index contributed by atoms with van der Waals surface area (Å²) in [5.74, 6) is 0.166. The Morgan fingerprint density at radius 1 is 1.38 bits per heavy atom. The molecule has 0 spiro atoms. The summed E-state index contributed by atoms with van der Waals surface area (Å²) < 4.78 is 25.3. The topological polar surface area (TPSA) is 58.2 Å². The van der Waals surface area contributed by atoms with E-state index in [9.17, 15) is 8.42 Å². The van der Waals surface area contributed by atoms with Crippen molar-refractivity contribution < 1.29 is 8.42 Å². The Kier molecular flexibility index (Phi) is 3.32. The van der Waals surface area contributed by atoms with Gasteiger partial charge < -0.3 is 5.32 Å². The lowest BCUT2D eigenvalue weighted by Gasteiger charge is -2.10. The monoisotopic (exact) mass is 206 g/mol. The minimum atomic E-state index is -3.05. The zero-order chi connectivity index (χ0) is 9.95. The molecule has 4 nitrogen and oxygen atoms in total. The average Bonchev–Trinajstić information content (AvgIpc) is 2.79. The van der Waals surface area contributed by atoms with E-state index in [0.717, 1.165) is 12.8 Å². The largest absolute Gasteiger partial charge is 0.319 e. The molecular weight excluding hydrogens is 188 g/mol. The third kappa shape index (κ3) is 4.06. The van der Waals surface area contributed by atoms with Crippen LogP contribution in [0.2, 0.25) is 0 Å². The van der Waals surface area contributed by atoms with Crippen molar-refractivity contribution in [3.63, 3.8) is 0 Å². The van der Waals surface area contributed by atoms with Crippen LogP contribution in [0.1, 0.15) is 19.8 Å². The Labute approximate surface area is 80.1 Å². The molecule has 1 rings (SSSR count). The summed E-state index contributed by atoms with van der Waals surface area (Å²) in [5, 5.41) is 2.82. The van der Waals surface area contributed by atoms with Gasteiger partial charge in [0.1, 0.15) is 0 Å². The fourth-order valence-electron chi connectivity index (χ4n) is 0.983. The molecule has 78 valence electrons. The summed E-state index contributed by atoms with van der Waals surface area (Å²) in [6, 6.07) is 0. The lowest BCUT2D eigenvalue weighted by molar-refractivity contribution is 0.529. The van der Waals surface area contributed by atoms with Gasteiger partial charge in [0, 0.05) is 13.1 Å². The van der Waals surface area contributed by atoms with E-state index in [0.29, 0.717) is 13.1 Å².